The van der Waals surface area contributed by atoms with Gasteiger partial charge in [-0.1, -0.05) is 28.1 Å². The molecule has 0 spiro atoms. The molecule has 0 radical (unpaired) electrons. The Morgan fingerprint density at radius 1 is 1.28 bits per heavy atom. The van der Waals surface area contributed by atoms with E-state index in [-0.39, 0.29) is 0 Å². The third-order valence-corrected chi connectivity index (χ3v) is 3.07. The fourth-order valence-electron chi connectivity index (χ4n) is 1.81. The fraction of sp³-hybridized carbons (Fsp3) is 0.231. The van der Waals surface area contributed by atoms with Crippen LogP contribution in [0.1, 0.15) is 11.1 Å². The first-order valence-electron chi connectivity index (χ1n) is 5.32. The Morgan fingerprint density at radius 2 is 2.00 bits per heavy atom. The summed E-state index contributed by atoms with van der Waals surface area (Å²) in [6.07, 6.45) is -0.631. The number of nitrogens with zero attached hydrogens (tertiary/aromatic N) is 1. The number of likely N-dealkylation sites (N-methyl/N-ethyl adjacent to an activating group) is 1. The van der Waals surface area contributed by atoms with Crippen LogP contribution in [0.15, 0.2) is 41.0 Å². The molecule has 96 valence electrons. The summed E-state index contributed by atoms with van der Waals surface area (Å²) in [6, 6.07) is 5.35. The maximum atomic E-state index is 12.6. The molecule has 1 aliphatic heterocycles. The summed E-state index contributed by atoms with van der Waals surface area (Å²) in [5, 5.41) is 0. The van der Waals surface area contributed by atoms with Gasteiger partial charge < -0.3 is 4.90 Å². The third-order valence-electron chi connectivity index (χ3n) is 2.60. The van der Waals surface area contributed by atoms with Crippen LogP contribution >= 0.6 is 15.9 Å². The van der Waals surface area contributed by atoms with E-state index in [4.69, 9.17) is 0 Å². The lowest BCUT2D eigenvalue weighted by Crippen LogP contribution is -2.16. The second-order valence-electron chi connectivity index (χ2n) is 4.17. The summed E-state index contributed by atoms with van der Waals surface area (Å²) in [5.74, 6) is 0. The quantitative estimate of drug-likeness (QED) is 0.747. The second-order valence-corrected chi connectivity index (χ2v) is 5.19. The lowest BCUT2D eigenvalue weighted by atomic mass is 10.0. The minimum atomic E-state index is -4.31. The second kappa shape index (κ2) is 4.80. The van der Waals surface area contributed by atoms with E-state index < -0.39 is 11.7 Å². The molecule has 0 fully saturated rings. The minimum Gasteiger partial charge on any atom is -0.375 e. The van der Waals surface area contributed by atoms with E-state index in [9.17, 15) is 13.2 Å². The molecule has 1 heterocycles. The number of alkyl halides is 3. The molecule has 1 nitrogen and oxygen atoms in total. The molecule has 18 heavy (non-hydrogen) atoms. The first-order chi connectivity index (χ1) is 8.36. The van der Waals surface area contributed by atoms with Crippen molar-refractivity contribution in [2.75, 3.05) is 13.6 Å². The van der Waals surface area contributed by atoms with Crippen molar-refractivity contribution in [3.05, 3.63) is 52.2 Å². The molecule has 5 heteroatoms. The first-order valence-corrected chi connectivity index (χ1v) is 6.11. The smallest absolute Gasteiger partial charge is 0.375 e. The van der Waals surface area contributed by atoms with E-state index in [0.717, 1.165) is 22.7 Å². The van der Waals surface area contributed by atoms with Gasteiger partial charge in [0.05, 0.1) is 5.56 Å². The van der Waals surface area contributed by atoms with Crippen molar-refractivity contribution in [3.63, 3.8) is 0 Å². The molecule has 0 bridgehead atoms. The Kier molecular flexibility index (Phi) is 3.52. The van der Waals surface area contributed by atoms with Crippen molar-refractivity contribution in [3.8, 4) is 0 Å². The third kappa shape index (κ3) is 2.96. The van der Waals surface area contributed by atoms with Gasteiger partial charge in [-0.3, -0.25) is 0 Å². The largest absolute Gasteiger partial charge is 0.416 e. The highest BCUT2D eigenvalue weighted by atomic mass is 79.9. The van der Waals surface area contributed by atoms with Crippen molar-refractivity contribution in [2.24, 2.45) is 0 Å². The molecule has 0 unspecified atom stereocenters. The Hall–Kier alpha value is -1.23. The normalized spacial score (nSPS) is 16.4. The predicted octanol–water partition coefficient (Wildman–Crippen LogP) is 4.27. The molecule has 0 amide bonds. The van der Waals surface area contributed by atoms with Gasteiger partial charge in [-0.05, 0) is 29.3 Å². The molecular formula is C13H11BrF3N. The summed E-state index contributed by atoms with van der Waals surface area (Å²) in [5.41, 5.74) is 0.702. The van der Waals surface area contributed by atoms with Gasteiger partial charge in [0.2, 0.25) is 0 Å². The fourth-order valence-corrected chi connectivity index (χ4v) is 2.45. The summed E-state index contributed by atoms with van der Waals surface area (Å²) >= 11 is 3.38. The molecule has 0 aromatic heterocycles. The lowest BCUT2D eigenvalue weighted by Gasteiger charge is -2.21. The number of allylic oxidation sites excluding steroid dienone is 2. The number of hydrogen-bond acceptors (Lipinski definition) is 1. The lowest BCUT2D eigenvalue weighted by molar-refractivity contribution is -0.137. The van der Waals surface area contributed by atoms with E-state index in [1.54, 1.807) is 6.07 Å². The van der Waals surface area contributed by atoms with Crippen LogP contribution in [0.4, 0.5) is 13.2 Å². The van der Waals surface area contributed by atoms with Crippen LogP contribution in [0.2, 0.25) is 0 Å². The van der Waals surface area contributed by atoms with Crippen LogP contribution in [0, 0.1) is 0 Å². The molecule has 0 saturated carbocycles. The Morgan fingerprint density at radius 3 is 2.61 bits per heavy atom. The standard InChI is InChI=1S/C13H11BrF3N/c1-18-7-10(6-12(14)8-18)9-3-2-4-11(5-9)13(15,16)17/h2-7H,8H2,1H3. The van der Waals surface area contributed by atoms with Gasteiger partial charge in [-0.15, -0.1) is 0 Å². The van der Waals surface area contributed by atoms with Crippen molar-refractivity contribution in [1.29, 1.82) is 0 Å². The SMILES string of the molecule is CN1C=C(c2cccc(C(F)(F)F)c2)C=C(Br)C1. The van der Waals surface area contributed by atoms with Crippen molar-refractivity contribution >= 4 is 21.5 Å². The van der Waals surface area contributed by atoms with Gasteiger partial charge in [0.15, 0.2) is 0 Å². The molecule has 1 aliphatic rings. The highest BCUT2D eigenvalue weighted by molar-refractivity contribution is 9.11. The van der Waals surface area contributed by atoms with E-state index in [2.05, 4.69) is 15.9 Å². The molecule has 0 saturated heterocycles. The molecule has 0 atom stereocenters. The maximum absolute atomic E-state index is 12.6. The van der Waals surface area contributed by atoms with Crippen LogP contribution in [-0.2, 0) is 6.18 Å². The zero-order chi connectivity index (χ0) is 13.3. The van der Waals surface area contributed by atoms with Gasteiger partial charge in [-0.25, -0.2) is 0 Å². The zero-order valence-electron chi connectivity index (χ0n) is 9.63. The van der Waals surface area contributed by atoms with Crippen molar-refractivity contribution in [1.82, 2.24) is 4.90 Å². The zero-order valence-corrected chi connectivity index (χ0v) is 11.2. The molecule has 1 aromatic rings. The van der Waals surface area contributed by atoms with E-state index >= 15 is 0 Å². The monoisotopic (exact) mass is 317 g/mol. The summed E-state index contributed by atoms with van der Waals surface area (Å²) < 4.78 is 38.8. The van der Waals surface area contributed by atoms with E-state index in [1.807, 2.05) is 24.2 Å². The van der Waals surface area contributed by atoms with Crippen LogP contribution in [-0.4, -0.2) is 18.5 Å². The summed E-state index contributed by atoms with van der Waals surface area (Å²) in [4.78, 5) is 1.92. The van der Waals surface area contributed by atoms with Crippen LogP contribution < -0.4 is 0 Å². The van der Waals surface area contributed by atoms with Crippen LogP contribution in [0.5, 0.6) is 0 Å². The number of hydrogen-bond donors (Lipinski definition) is 0. The number of benzene rings is 1. The van der Waals surface area contributed by atoms with E-state index in [1.165, 1.54) is 12.1 Å². The number of halogens is 4. The average Bonchev–Trinajstić information content (AvgIpc) is 2.27. The minimum absolute atomic E-state index is 0.563. The highest BCUT2D eigenvalue weighted by Crippen LogP contribution is 2.32. The van der Waals surface area contributed by atoms with Gasteiger partial charge >= 0.3 is 6.18 Å². The van der Waals surface area contributed by atoms with Gasteiger partial charge in [0.25, 0.3) is 0 Å². The predicted molar refractivity (Wildman–Crippen MR) is 69.1 cm³/mol. The Balaban J connectivity index is 2.41. The van der Waals surface area contributed by atoms with E-state index in [0.29, 0.717) is 5.56 Å². The first kappa shape index (κ1) is 13.2. The van der Waals surface area contributed by atoms with Gasteiger partial charge in [0, 0.05) is 24.3 Å². The molecular weight excluding hydrogens is 307 g/mol. The van der Waals surface area contributed by atoms with Gasteiger partial charge in [0.1, 0.15) is 0 Å². The average molecular weight is 318 g/mol. The topological polar surface area (TPSA) is 3.24 Å². The Labute approximate surface area is 112 Å². The Bertz CT molecular complexity index is 517. The van der Waals surface area contributed by atoms with Crippen molar-refractivity contribution in [2.45, 2.75) is 6.18 Å². The van der Waals surface area contributed by atoms with Crippen LogP contribution in [0.25, 0.3) is 5.57 Å². The highest BCUT2D eigenvalue weighted by Gasteiger charge is 2.30. The summed E-state index contributed by atoms with van der Waals surface area (Å²) in [7, 11) is 1.88. The maximum Gasteiger partial charge on any atom is 0.416 e. The summed E-state index contributed by atoms with van der Waals surface area (Å²) in [6.45, 7) is 0.725. The van der Waals surface area contributed by atoms with Gasteiger partial charge in [-0.2, -0.15) is 13.2 Å². The number of rotatable bonds is 1. The molecule has 2 rings (SSSR count). The molecule has 1 aromatic carbocycles. The molecule has 0 N–H and O–H groups in total. The van der Waals surface area contributed by atoms with Crippen LogP contribution in [0.3, 0.4) is 0 Å². The molecule has 0 aliphatic carbocycles. The van der Waals surface area contributed by atoms with Crippen molar-refractivity contribution < 1.29 is 13.2 Å².